The van der Waals surface area contributed by atoms with Gasteiger partial charge in [0.05, 0.1) is 0 Å². The van der Waals surface area contributed by atoms with Crippen LogP contribution in [0.4, 0.5) is 0 Å². The van der Waals surface area contributed by atoms with Crippen LogP contribution in [-0.4, -0.2) is 52.4 Å². The normalized spacial score (nSPS) is 23.9. The van der Waals surface area contributed by atoms with Crippen molar-refractivity contribution >= 4 is 17.7 Å². The topological polar surface area (TPSA) is 98.7 Å². The summed E-state index contributed by atoms with van der Waals surface area (Å²) in [6.07, 6.45) is 0.761. The number of amides is 3. The van der Waals surface area contributed by atoms with E-state index in [-0.39, 0.29) is 29.5 Å². The molecule has 2 fully saturated rings. The lowest BCUT2D eigenvalue weighted by Crippen LogP contribution is -2.61. The van der Waals surface area contributed by atoms with Crippen LogP contribution in [0.2, 0.25) is 0 Å². The van der Waals surface area contributed by atoms with E-state index < -0.39 is 12.1 Å². The second kappa shape index (κ2) is 7.34. The van der Waals surface area contributed by atoms with E-state index in [0.29, 0.717) is 24.9 Å². The summed E-state index contributed by atoms with van der Waals surface area (Å²) >= 11 is 0. The van der Waals surface area contributed by atoms with Gasteiger partial charge in [0.2, 0.25) is 11.8 Å². The Morgan fingerprint density at radius 2 is 1.82 bits per heavy atom. The van der Waals surface area contributed by atoms with Crippen molar-refractivity contribution in [3.63, 3.8) is 0 Å². The van der Waals surface area contributed by atoms with Gasteiger partial charge in [-0.25, -0.2) is 0 Å². The molecule has 0 aliphatic carbocycles. The SMILES string of the molecule is O=C(N[C@H]1C[C@H]2C(=O)N[C@@H](Cc3ccc(O)cc3)C(=O)N2C1)c1ccccc1. The van der Waals surface area contributed by atoms with E-state index >= 15 is 0 Å². The summed E-state index contributed by atoms with van der Waals surface area (Å²) in [5.74, 6) is -0.396. The molecule has 7 heteroatoms. The number of rotatable bonds is 4. The van der Waals surface area contributed by atoms with Crippen LogP contribution in [0, 0.1) is 0 Å². The number of benzene rings is 2. The van der Waals surface area contributed by atoms with Gasteiger partial charge in [-0.3, -0.25) is 14.4 Å². The van der Waals surface area contributed by atoms with Crippen molar-refractivity contribution in [2.75, 3.05) is 6.54 Å². The largest absolute Gasteiger partial charge is 0.508 e. The van der Waals surface area contributed by atoms with E-state index in [4.69, 9.17) is 0 Å². The summed E-state index contributed by atoms with van der Waals surface area (Å²) in [5.41, 5.74) is 1.40. The lowest BCUT2D eigenvalue weighted by Gasteiger charge is -2.34. The zero-order valence-electron chi connectivity index (χ0n) is 15.2. The minimum Gasteiger partial charge on any atom is -0.508 e. The summed E-state index contributed by atoms with van der Waals surface area (Å²) in [6, 6.07) is 14.0. The molecule has 2 heterocycles. The molecule has 4 rings (SSSR count). The molecule has 3 amide bonds. The third-order valence-electron chi connectivity index (χ3n) is 5.25. The van der Waals surface area contributed by atoms with Crippen LogP contribution in [0.5, 0.6) is 5.75 Å². The molecule has 144 valence electrons. The molecule has 0 spiro atoms. The van der Waals surface area contributed by atoms with E-state index in [2.05, 4.69) is 10.6 Å². The van der Waals surface area contributed by atoms with Crippen LogP contribution in [0.1, 0.15) is 22.3 Å². The summed E-state index contributed by atoms with van der Waals surface area (Å²) in [7, 11) is 0. The van der Waals surface area contributed by atoms with Gasteiger partial charge < -0.3 is 20.6 Å². The fourth-order valence-corrected chi connectivity index (χ4v) is 3.83. The van der Waals surface area contributed by atoms with Gasteiger partial charge >= 0.3 is 0 Å². The van der Waals surface area contributed by atoms with Crippen LogP contribution in [0.15, 0.2) is 54.6 Å². The van der Waals surface area contributed by atoms with E-state index in [9.17, 15) is 19.5 Å². The fraction of sp³-hybridized carbons (Fsp3) is 0.286. The molecule has 2 aromatic rings. The monoisotopic (exact) mass is 379 g/mol. The average Bonchev–Trinajstić information content (AvgIpc) is 3.13. The van der Waals surface area contributed by atoms with Crippen molar-refractivity contribution in [3.8, 4) is 5.75 Å². The van der Waals surface area contributed by atoms with Crippen LogP contribution < -0.4 is 10.6 Å². The lowest BCUT2D eigenvalue weighted by atomic mass is 10.0. The molecule has 0 unspecified atom stereocenters. The standard InChI is InChI=1S/C21H21N3O4/c25-16-8-6-13(7-9-16)10-17-21(28)24-12-15(11-18(24)20(27)23-17)22-19(26)14-4-2-1-3-5-14/h1-9,15,17-18,25H,10-12H2,(H,22,26)(H,23,27)/t15-,17-,18-/m0/s1. The first-order chi connectivity index (χ1) is 13.5. The first kappa shape index (κ1) is 18.0. The molecule has 3 atom stereocenters. The quantitative estimate of drug-likeness (QED) is 0.733. The van der Waals surface area contributed by atoms with Gasteiger partial charge in [0.1, 0.15) is 17.8 Å². The Balaban J connectivity index is 1.42. The first-order valence-corrected chi connectivity index (χ1v) is 9.26. The van der Waals surface area contributed by atoms with Gasteiger partial charge in [-0.2, -0.15) is 0 Å². The van der Waals surface area contributed by atoms with Crippen molar-refractivity contribution < 1.29 is 19.5 Å². The minimum absolute atomic E-state index is 0.144. The minimum atomic E-state index is -0.642. The maximum Gasteiger partial charge on any atom is 0.251 e. The fourth-order valence-electron chi connectivity index (χ4n) is 3.83. The van der Waals surface area contributed by atoms with E-state index in [0.717, 1.165) is 5.56 Å². The molecule has 2 saturated heterocycles. The first-order valence-electron chi connectivity index (χ1n) is 9.26. The third-order valence-corrected chi connectivity index (χ3v) is 5.25. The second-order valence-corrected chi connectivity index (χ2v) is 7.21. The molecule has 0 radical (unpaired) electrons. The maximum absolute atomic E-state index is 12.9. The zero-order chi connectivity index (χ0) is 19.7. The number of phenols is 1. The molecule has 28 heavy (non-hydrogen) atoms. The van der Waals surface area contributed by atoms with E-state index in [1.807, 2.05) is 6.07 Å². The highest BCUT2D eigenvalue weighted by atomic mass is 16.3. The number of aromatic hydroxyl groups is 1. The van der Waals surface area contributed by atoms with Crippen molar-refractivity contribution in [1.82, 2.24) is 15.5 Å². The van der Waals surface area contributed by atoms with Crippen LogP contribution in [-0.2, 0) is 16.0 Å². The Hall–Kier alpha value is -3.35. The number of piperazine rings is 1. The highest BCUT2D eigenvalue weighted by molar-refractivity contribution is 5.98. The summed E-state index contributed by atoms with van der Waals surface area (Å²) in [6.45, 7) is 0.321. The zero-order valence-corrected chi connectivity index (χ0v) is 15.2. The molecule has 7 nitrogen and oxygen atoms in total. The number of phenolic OH excluding ortho intramolecular Hbond substituents is 1. The van der Waals surface area contributed by atoms with Gasteiger partial charge in [0, 0.05) is 24.6 Å². The van der Waals surface area contributed by atoms with Gasteiger partial charge in [-0.1, -0.05) is 30.3 Å². The van der Waals surface area contributed by atoms with Gasteiger partial charge in [0.25, 0.3) is 5.91 Å². The maximum atomic E-state index is 12.9. The number of carbonyl (C=O) groups excluding carboxylic acids is 3. The molecule has 0 aromatic heterocycles. The average molecular weight is 379 g/mol. The Labute approximate surface area is 162 Å². The van der Waals surface area contributed by atoms with Crippen LogP contribution in [0.25, 0.3) is 0 Å². The third kappa shape index (κ3) is 3.55. The lowest BCUT2D eigenvalue weighted by molar-refractivity contribution is -0.147. The van der Waals surface area contributed by atoms with Gasteiger partial charge in [-0.05, 0) is 36.2 Å². The van der Waals surface area contributed by atoms with Crippen molar-refractivity contribution in [3.05, 3.63) is 65.7 Å². The van der Waals surface area contributed by atoms with Crippen molar-refractivity contribution in [1.29, 1.82) is 0 Å². The molecular weight excluding hydrogens is 358 g/mol. The number of nitrogens with zero attached hydrogens (tertiary/aromatic N) is 1. The summed E-state index contributed by atoms with van der Waals surface area (Å²) in [4.78, 5) is 39.3. The molecule has 2 aliphatic heterocycles. The molecular formula is C21H21N3O4. The molecule has 0 bridgehead atoms. The Morgan fingerprint density at radius 3 is 2.54 bits per heavy atom. The molecule has 2 aromatic carbocycles. The van der Waals surface area contributed by atoms with Crippen LogP contribution >= 0.6 is 0 Å². The number of hydrogen-bond donors (Lipinski definition) is 3. The predicted octanol–water partition coefficient (Wildman–Crippen LogP) is 0.833. The number of nitrogens with one attached hydrogen (secondary N) is 2. The predicted molar refractivity (Wildman–Crippen MR) is 102 cm³/mol. The highest BCUT2D eigenvalue weighted by Crippen LogP contribution is 2.24. The highest BCUT2D eigenvalue weighted by Gasteiger charge is 2.46. The molecule has 2 aliphatic rings. The summed E-state index contributed by atoms with van der Waals surface area (Å²) in [5, 5.41) is 15.1. The Bertz CT molecular complexity index is 898. The number of hydrogen-bond acceptors (Lipinski definition) is 4. The number of fused-ring (bicyclic) bond motifs is 1. The number of carbonyl (C=O) groups is 3. The summed E-state index contributed by atoms with van der Waals surface area (Å²) < 4.78 is 0. The second-order valence-electron chi connectivity index (χ2n) is 7.21. The molecule has 3 N–H and O–H groups in total. The van der Waals surface area contributed by atoms with E-state index in [1.165, 1.54) is 0 Å². The van der Waals surface area contributed by atoms with Crippen molar-refractivity contribution in [2.24, 2.45) is 0 Å². The Kier molecular flexibility index (Phi) is 4.73. The smallest absolute Gasteiger partial charge is 0.251 e. The van der Waals surface area contributed by atoms with Crippen molar-refractivity contribution in [2.45, 2.75) is 31.0 Å². The molecule has 0 saturated carbocycles. The van der Waals surface area contributed by atoms with E-state index in [1.54, 1.807) is 53.4 Å². The van der Waals surface area contributed by atoms with Crippen LogP contribution in [0.3, 0.4) is 0 Å². The van der Waals surface area contributed by atoms with Gasteiger partial charge in [0.15, 0.2) is 0 Å². The van der Waals surface area contributed by atoms with Gasteiger partial charge in [-0.15, -0.1) is 0 Å². The Morgan fingerprint density at radius 1 is 1.11 bits per heavy atom.